The van der Waals surface area contributed by atoms with E-state index >= 15 is 0 Å². The van der Waals surface area contributed by atoms with Crippen LogP contribution in [0.1, 0.15) is 52.7 Å². The van der Waals surface area contributed by atoms with Crippen molar-refractivity contribution in [2.45, 2.75) is 52.2 Å². The van der Waals surface area contributed by atoms with E-state index in [1.807, 2.05) is 0 Å². The average Bonchev–Trinajstić information content (AvgIpc) is 2.46. The number of hydrogen-bond acceptors (Lipinski definition) is 3. The van der Waals surface area contributed by atoms with E-state index in [2.05, 4.69) is 4.40 Å². The molecule has 0 bridgehead atoms. The van der Waals surface area contributed by atoms with Crippen molar-refractivity contribution >= 4 is 17.1 Å². The van der Waals surface area contributed by atoms with Crippen molar-refractivity contribution < 1.29 is 13.3 Å². The Morgan fingerprint density at radius 1 is 1.22 bits per heavy atom. The van der Waals surface area contributed by atoms with Crippen molar-refractivity contribution in [3.8, 4) is 6.07 Å². The maximum absolute atomic E-state index is 14.5. The van der Waals surface area contributed by atoms with E-state index < -0.39 is 27.4 Å². The third-order valence-electron chi connectivity index (χ3n) is 3.45. The van der Waals surface area contributed by atoms with Crippen LogP contribution in [-0.2, 0) is 17.3 Å². The van der Waals surface area contributed by atoms with Crippen LogP contribution in [0.2, 0.25) is 0 Å². The second-order valence-electron chi connectivity index (χ2n) is 6.93. The van der Waals surface area contributed by atoms with Crippen LogP contribution in [0.15, 0.2) is 28.7 Å². The summed E-state index contributed by atoms with van der Waals surface area (Å²) >= 11 is -1.47. The summed E-state index contributed by atoms with van der Waals surface area (Å²) in [5.41, 5.74) is -1.19. The Kier molecular flexibility index (Phi) is 5.61. The Hall–Kier alpha value is -1.45. The summed E-state index contributed by atoms with van der Waals surface area (Å²) in [5.74, 6) is -3.30. The third-order valence-corrected chi connectivity index (χ3v) is 4.94. The lowest BCUT2D eigenvalue weighted by Crippen LogP contribution is -2.32. The van der Waals surface area contributed by atoms with Gasteiger partial charge in [0.15, 0.2) is 0 Å². The van der Waals surface area contributed by atoms with Crippen molar-refractivity contribution in [2.75, 3.05) is 0 Å². The predicted octanol–water partition coefficient (Wildman–Crippen LogP) is 4.60. The standard InChI is InChI=1S/C17H22F2N2OS/c1-12(21-23(22)15(2,3)4)13-8-7-9-14(10-13)17(18,19)16(5,6)11-20/h7-10H,1-6H3/b21-12-/t23-/m1/s1. The normalized spacial score (nSPS) is 15.2. The van der Waals surface area contributed by atoms with Crippen LogP contribution < -0.4 is 0 Å². The number of hydrogen-bond donors (Lipinski definition) is 0. The molecule has 0 spiro atoms. The number of benzene rings is 1. The molecule has 0 saturated carbocycles. The maximum atomic E-state index is 14.5. The third kappa shape index (κ3) is 4.30. The van der Waals surface area contributed by atoms with Crippen LogP contribution in [0.25, 0.3) is 0 Å². The highest BCUT2D eigenvalue weighted by molar-refractivity contribution is 7.91. The van der Waals surface area contributed by atoms with Crippen LogP contribution in [-0.4, -0.2) is 15.0 Å². The van der Waals surface area contributed by atoms with Gasteiger partial charge in [-0.15, -0.1) is 0 Å². The molecule has 6 heteroatoms. The summed E-state index contributed by atoms with van der Waals surface area (Å²) in [4.78, 5) is 0. The fraction of sp³-hybridized carbons (Fsp3) is 0.529. The minimum Gasteiger partial charge on any atom is -0.591 e. The van der Waals surface area contributed by atoms with Gasteiger partial charge in [0.2, 0.25) is 0 Å². The predicted molar refractivity (Wildman–Crippen MR) is 89.8 cm³/mol. The van der Waals surface area contributed by atoms with Gasteiger partial charge in [0, 0.05) is 11.1 Å². The van der Waals surface area contributed by atoms with E-state index in [4.69, 9.17) is 5.26 Å². The molecule has 3 nitrogen and oxygen atoms in total. The van der Waals surface area contributed by atoms with Crippen LogP contribution in [0.5, 0.6) is 0 Å². The zero-order valence-electron chi connectivity index (χ0n) is 14.3. The van der Waals surface area contributed by atoms with Gasteiger partial charge in [0.1, 0.15) is 21.5 Å². The van der Waals surface area contributed by atoms with E-state index in [1.165, 1.54) is 32.0 Å². The topological polar surface area (TPSA) is 59.2 Å². The van der Waals surface area contributed by atoms with Crippen molar-refractivity contribution in [2.24, 2.45) is 9.81 Å². The summed E-state index contributed by atoms with van der Waals surface area (Å²) in [6.07, 6.45) is 0. The van der Waals surface area contributed by atoms with E-state index in [0.717, 1.165) is 0 Å². The largest absolute Gasteiger partial charge is 0.591 e. The van der Waals surface area contributed by atoms with Crippen LogP contribution in [0.3, 0.4) is 0 Å². The molecule has 0 N–H and O–H groups in total. The molecule has 0 saturated heterocycles. The first kappa shape index (κ1) is 19.6. The molecule has 126 valence electrons. The molecule has 0 unspecified atom stereocenters. The number of alkyl halides is 2. The molecule has 0 aliphatic rings. The molecule has 0 aliphatic carbocycles. The first-order valence-corrected chi connectivity index (χ1v) is 8.31. The molecular weight excluding hydrogens is 318 g/mol. The van der Waals surface area contributed by atoms with Crippen molar-refractivity contribution in [3.63, 3.8) is 0 Å². The zero-order valence-corrected chi connectivity index (χ0v) is 15.1. The second kappa shape index (κ2) is 6.58. The summed E-state index contributed by atoms with van der Waals surface area (Å²) in [5, 5.41) is 8.98. The fourth-order valence-corrected chi connectivity index (χ4v) is 2.31. The molecule has 0 fully saturated rings. The number of rotatable bonds is 4. The molecule has 0 amide bonds. The van der Waals surface area contributed by atoms with Crippen molar-refractivity contribution in [1.82, 2.24) is 0 Å². The Morgan fingerprint density at radius 3 is 2.26 bits per heavy atom. The van der Waals surface area contributed by atoms with Crippen molar-refractivity contribution in [1.29, 1.82) is 5.26 Å². The summed E-state index contributed by atoms with van der Waals surface area (Å²) in [6, 6.07) is 7.37. The molecule has 23 heavy (non-hydrogen) atoms. The molecule has 0 radical (unpaired) electrons. The monoisotopic (exact) mass is 340 g/mol. The first-order valence-electron chi connectivity index (χ1n) is 7.20. The smallest absolute Gasteiger partial charge is 0.291 e. The van der Waals surface area contributed by atoms with Gasteiger partial charge in [-0.3, -0.25) is 0 Å². The average molecular weight is 340 g/mol. The van der Waals surface area contributed by atoms with E-state index in [-0.39, 0.29) is 5.56 Å². The molecular formula is C17H22F2N2OS. The van der Waals surface area contributed by atoms with Gasteiger partial charge in [-0.05, 0) is 47.6 Å². The van der Waals surface area contributed by atoms with Gasteiger partial charge in [-0.1, -0.05) is 22.6 Å². The minimum absolute atomic E-state index is 0.252. The SMILES string of the molecule is C/C(=N/[S@+]([O-])C(C)(C)C)c1cccc(C(F)(F)C(C)(C)C#N)c1. The second-order valence-corrected chi connectivity index (χ2v) is 8.84. The van der Waals surface area contributed by atoms with Crippen LogP contribution in [0.4, 0.5) is 8.78 Å². The summed E-state index contributed by atoms with van der Waals surface area (Å²) in [7, 11) is 0. The molecule has 0 aliphatic heterocycles. The van der Waals surface area contributed by atoms with E-state index in [0.29, 0.717) is 11.3 Å². The van der Waals surface area contributed by atoms with Gasteiger partial charge in [0.25, 0.3) is 5.92 Å². The van der Waals surface area contributed by atoms with Gasteiger partial charge in [-0.2, -0.15) is 14.0 Å². The first-order chi connectivity index (χ1) is 10.3. The lowest BCUT2D eigenvalue weighted by Gasteiger charge is -2.28. The lowest BCUT2D eigenvalue weighted by molar-refractivity contribution is -0.0853. The van der Waals surface area contributed by atoms with Gasteiger partial charge in [0.05, 0.1) is 11.8 Å². The Labute approximate surface area is 139 Å². The van der Waals surface area contributed by atoms with Gasteiger partial charge in [-0.25, -0.2) is 0 Å². The highest BCUT2D eigenvalue weighted by Crippen LogP contribution is 2.44. The Morgan fingerprint density at radius 2 is 1.78 bits per heavy atom. The number of halogens is 2. The van der Waals surface area contributed by atoms with E-state index in [9.17, 15) is 13.3 Å². The van der Waals surface area contributed by atoms with E-state index in [1.54, 1.807) is 39.8 Å². The Balaban J connectivity index is 3.26. The quantitative estimate of drug-likeness (QED) is 0.594. The lowest BCUT2D eigenvalue weighted by atomic mass is 9.82. The molecule has 1 aromatic carbocycles. The zero-order chi connectivity index (χ0) is 18.1. The van der Waals surface area contributed by atoms with Crippen molar-refractivity contribution in [3.05, 3.63) is 35.4 Å². The van der Waals surface area contributed by atoms with Gasteiger partial charge >= 0.3 is 0 Å². The molecule has 1 rings (SSSR count). The Bertz CT molecular complexity index is 643. The van der Waals surface area contributed by atoms with Gasteiger partial charge < -0.3 is 4.55 Å². The summed E-state index contributed by atoms with van der Waals surface area (Å²) in [6.45, 7) is 9.42. The maximum Gasteiger partial charge on any atom is 0.291 e. The summed E-state index contributed by atoms with van der Waals surface area (Å²) < 4.78 is 44.7. The minimum atomic E-state index is -3.30. The molecule has 0 heterocycles. The highest BCUT2D eigenvalue weighted by Gasteiger charge is 2.48. The molecule has 1 aromatic rings. The van der Waals surface area contributed by atoms with Crippen LogP contribution in [0, 0.1) is 16.7 Å². The number of nitriles is 1. The van der Waals surface area contributed by atoms with Crippen LogP contribution >= 0.6 is 0 Å². The number of nitrogens with zero attached hydrogens (tertiary/aromatic N) is 2. The molecule has 0 aromatic heterocycles. The fourth-order valence-electron chi connectivity index (χ4n) is 1.68. The molecule has 1 atom stereocenters. The highest BCUT2D eigenvalue weighted by atomic mass is 32.2.